The number of aryl methyl sites for hydroxylation is 1. The molecule has 0 bridgehead atoms. The molecule has 1 heterocycles. The van der Waals surface area contributed by atoms with Crippen LogP contribution in [0.2, 0.25) is 0 Å². The Morgan fingerprint density at radius 2 is 1.91 bits per heavy atom. The fourth-order valence-electron chi connectivity index (χ4n) is 2.95. The summed E-state index contributed by atoms with van der Waals surface area (Å²) in [6.45, 7) is 5.49. The van der Waals surface area contributed by atoms with Crippen molar-refractivity contribution in [1.29, 1.82) is 0 Å². The number of hydrogen-bond acceptors (Lipinski definition) is 2. The van der Waals surface area contributed by atoms with E-state index in [1.54, 1.807) is 4.90 Å². The Bertz CT molecular complexity index is 525. The van der Waals surface area contributed by atoms with Crippen LogP contribution in [0, 0.1) is 5.92 Å². The number of nitrogens with zero attached hydrogens (tertiary/aromatic N) is 1. The smallest absolute Gasteiger partial charge is 0.227 e. The maximum Gasteiger partial charge on any atom is 0.227 e. The van der Waals surface area contributed by atoms with E-state index >= 15 is 0 Å². The van der Waals surface area contributed by atoms with Gasteiger partial charge in [-0.25, -0.2) is 0 Å². The van der Waals surface area contributed by atoms with E-state index < -0.39 is 0 Å². The van der Waals surface area contributed by atoms with Crippen LogP contribution in [-0.4, -0.2) is 24.9 Å². The monoisotopic (exact) mass is 316 g/mol. The molecule has 126 valence electrons. The van der Waals surface area contributed by atoms with Crippen LogP contribution in [0.15, 0.2) is 24.3 Å². The molecule has 4 heteroatoms. The quantitative estimate of drug-likeness (QED) is 0.748. The SMILES string of the molecule is CCCCCCNC(=O)[C@H]1CC(=O)N(c2ccc(CC)cc2)C1. The maximum absolute atomic E-state index is 12.2. The topological polar surface area (TPSA) is 49.4 Å². The molecule has 1 aromatic rings. The zero-order valence-electron chi connectivity index (χ0n) is 14.3. The van der Waals surface area contributed by atoms with Crippen LogP contribution in [0.1, 0.15) is 51.5 Å². The van der Waals surface area contributed by atoms with Crippen molar-refractivity contribution in [2.24, 2.45) is 5.92 Å². The van der Waals surface area contributed by atoms with E-state index in [0.717, 1.165) is 24.9 Å². The third-order valence-electron chi connectivity index (χ3n) is 4.48. The lowest BCUT2D eigenvalue weighted by molar-refractivity contribution is -0.126. The second-order valence-corrected chi connectivity index (χ2v) is 6.28. The molecule has 1 N–H and O–H groups in total. The first-order valence-electron chi connectivity index (χ1n) is 8.82. The van der Waals surface area contributed by atoms with Gasteiger partial charge in [0.1, 0.15) is 0 Å². The molecule has 1 fully saturated rings. The minimum atomic E-state index is -0.223. The number of rotatable bonds is 8. The highest BCUT2D eigenvalue weighted by molar-refractivity contribution is 6.00. The lowest BCUT2D eigenvalue weighted by Crippen LogP contribution is -2.33. The highest BCUT2D eigenvalue weighted by atomic mass is 16.2. The Hall–Kier alpha value is -1.84. The van der Waals surface area contributed by atoms with E-state index in [4.69, 9.17) is 0 Å². The molecule has 1 atom stereocenters. The Morgan fingerprint density at radius 1 is 1.17 bits per heavy atom. The van der Waals surface area contributed by atoms with Gasteiger partial charge < -0.3 is 10.2 Å². The molecule has 4 nitrogen and oxygen atoms in total. The van der Waals surface area contributed by atoms with E-state index in [1.807, 2.05) is 24.3 Å². The number of benzene rings is 1. The first-order chi connectivity index (χ1) is 11.2. The highest BCUT2D eigenvalue weighted by Crippen LogP contribution is 2.25. The second kappa shape index (κ2) is 8.70. The van der Waals surface area contributed by atoms with Gasteiger partial charge in [0, 0.05) is 25.2 Å². The molecule has 2 rings (SSSR count). The summed E-state index contributed by atoms with van der Waals surface area (Å²) in [6, 6.07) is 8.04. The van der Waals surface area contributed by atoms with Crippen molar-refractivity contribution in [2.75, 3.05) is 18.0 Å². The van der Waals surface area contributed by atoms with Crippen molar-refractivity contribution < 1.29 is 9.59 Å². The number of amides is 2. The molecule has 2 amide bonds. The summed E-state index contributed by atoms with van der Waals surface area (Å²) >= 11 is 0. The number of carbonyl (C=O) groups is 2. The summed E-state index contributed by atoms with van der Waals surface area (Å²) in [7, 11) is 0. The van der Waals surface area contributed by atoms with E-state index in [-0.39, 0.29) is 17.7 Å². The van der Waals surface area contributed by atoms with Crippen LogP contribution >= 0.6 is 0 Å². The predicted octanol–water partition coefficient (Wildman–Crippen LogP) is 3.30. The van der Waals surface area contributed by atoms with Crippen molar-refractivity contribution in [3.8, 4) is 0 Å². The average Bonchev–Trinajstić information content (AvgIpc) is 2.96. The van der Waals surface area contributed by atoms with Gasteiger partial charge in [-0.15, -0.1) is 0 Å². The predicted molar refractivity (Wildman–Crippen MR) is 93.4 cm³/mol. The van der Waals surface area contributed by atoms with Crippen LogP contribution in [0.25, 0.3) is 0 Å². The third kappa shape index (κ3) is 4.81. The molecule has 0 aromatic heterocycles. The highest BCUT2D eigenvalue weighted by Gasteiger charge is 2.34. The van der Waals surface area contributed by atoms with Crippen molar-refractivity contribution in [3.63, 3.8) is 0 Å². The van der Waals surface area contributed by atoms with E-state index in [0.29, 0.717) is 19.5 Å². The molecule has 0 unspecified atom stereocenters. The van der Waals surface area contributed by atoms with E-state index in [9.17, 15) is 9.59 Å². The van der Waals surface area contributed by atoms with Crippen molar-refractivity contribution >= 4 is 17.5 Å². The standard InChI is InChI=1S/C19H28N2O2/c1-3-5-6-7-12-20-19(23)16-13-18(22)21(14-16)17-10-8-15(4-2)9-11-17/h8-11,16H,3-7,12-14H2,1-2H3,(H,20,23)/t16-/m0/s1. The molecule has 1 saturated heterocycles. The van der Waals surface area contributed by atoms with Crippen LogP contribution in [0.3, 0.4) is 0 Å². The first kappa shape index (κ1) is 17.5. The number of unbranched alkanes of at least 4 members (excludes halogenated alkanes) is 3. The largest absolute Gasteiger partial charge is 0.356 e. The van der Waals surface area contributed by atoms with Crippen molar-refractivity contribution in [1.82, 2.24) is 5.32 Å². The zero-order valence-corrected chi connectivity index (χ0v) is 14.3. The van der Waals surface area contributed by atoms with Gasteiger partial charge >= 0.3 is 0 Å². The number of anilines is 1. The molecule has 23 heavy (non-hydrogen) atoms. The van der Waals surface area contributed by atoms with E-state index in [2.05, 4.69) is 19.2 Å². The Labute approximate surface area is 139 Å². The molecule has 0 spiro atoms. The van der Waals surface area contributed by atoms with Gasteiger partial charge in [0.15, 0.2) is 0 Å². The van der Waals surface area contributed by atoms with Gasteiger partial charge in [-0.2, -0.15) is 0 Å². The van der Waals surface area contributed by atoms with Gasteiger partial charge in [0.2, 0.25) is 11.8 Å². The summed E-state index contributed by atoms with van der Waals surface area (Å²) in [5.74, 6) is -0.164. The number of carbonyl (C=O) groups excluding carboxylic acids is 2. The van der Waals surface area contributed by atoms with Gasteiger partial charge in [-0.1, -0.05) is 45.2 Å². The van der Waals surface area contributed by atoms with Gasteiger partial charge in [-0.05, 0) is 30.5 Å². The molecule has 1 aliphatic heterocycles. The molecular formula is C19H28N2O2. The van der Waals surface area contributed by atoms with Crippen LogP contribution in [0.5, 0.6) is 0 Å². The average molecular weight is 316 g/mol. The van der Waals surface area contributed by atoms with Crippen LogP contribution < -0.4 is 10.2 Å². The minimum absolute atomic E-state index is 0.0162. The normalized spacial score (nSPS) is 17.6. The fourth-order valence-corrected chi connectivity index (χ4v) is 2.95. The number of nitrogens with one attached hydrogen (secondary N) is 1. The summed E-state index contributed by atoms with van der Waals surface area (Å²) in [4.78, 5) is 26.2. The third-order valence-corrected chi connectivity index (χ3v) is 4.48. The van der Waals surface area contributed by atoms with Gasteiger partial charge in [0.05, 0.1) is 5.92 Å². The first-order valence-corrected chi connectivity index (χ1v) is 8.82. The summed E-state index contributed by atoms with van der Waals surface area (Å²) in [6.07, 6.45) is 5.86. The minimum Gasteiger partial charge on any atom is -0.356 e. The van der Waals surface area contributed by atoms with Gasteiger partial charge in [-0.3, -0.25) is 9.59 Å². The summed E-state index contributed by atoms with van der Waals surface area (Å²) < 4.78 is 0. The molecule has 0 radical (unpaired) electrons. The molecule has 1 aliphatic rings. The molecule has 0 saturated carbocycles. The molecule has 1 aromatic carbocycles. The maximum atomic E-state index is 12.2. The Morgan fingerprint density at radius 3 is 2.57 bits per heavy atom. The van der Waals surface area contributed by atoms with Crippen LogP contribution in [0.4, 0.5) is 5.69 Å². The fraction of sp³-hybridized carbons (Fsp3) is 0.579. The Kier molecular flexibility index (Phi) is 6.63. The zero-order chi connectivity index (χ0) is 16.7. The summed E-state index contributed by atoms with van der Waals surface area (Å²) in [5.41, 5.74) is 2.15. The second-order valence-electron chi connectivity index (χ2n) is 6.28. The van der Waals surface area contributed by atoms with E-state index in [1.165, 1.54) is 18.4 Å². The summed E-state index contributed by atoms with van der Waals surface area (Å²) in [5, 5.41) is 2.98. The van der Waals surface area contributed by atoms with Gasteiger partial charge in [0.25, 0.3) is 0 Å². The molecule has 0 aliphatic carbocycles. The van der Waals surface area contributed by atoms with Crippen LogP contribution in [-0.2, 0) is 16.0 Å². The molecular weight excluding hydrogens is 288 g/mol. The van der Waals surface area contributed by atoms with Crippen molar-refractivity contribution in [3.05, 3.63) is 29.8 Å². The number of hydrogen-bond donors (Lipinski definition) is 1. The Balaban J connectivity index is 1.84. The van der Waals surface area contributed by atoms with Crippen molar-refractivity contribution in [2.45, 2.75) is 52.4 Å². The lowest BCUT2D eigenvalue weighted by atomic mass is 10.1. The lowest BCUT2D eigenvalue weighted by Gasteiger charge is -2.17.